The van der Waals surface area contributed by atoms with Crippen molar-refractivity contribution in [2.75, 3.05) is 18.5 Å². The Morgan fingerprint density at radius 2 is 2.21 bits per heavy atom. The molecule has 1 saturated heterocycles. The van der Waals surface area contributed by atoms with Gasteiger partial charge >= 0.3 is 0 Å². The predicted octanol–water partition coefficient (Wildman–Crippen LogP) is 1.02. The van der Waals surface area contributed by atoms with Crippen molar-refractivity contribution in [1.82, 2.24) is 19.4 Å². The lowest BCUT2D eigenvalue weighted by molar-refractivity contribution is -0.0957. The standard InChI is InChI=1S/C22H25FN6O4/c1-22(32)18(31)16(8-30)33-21(22)29-10-26-17-19(24-9-25-20(17)29)28-5-4-12-13-6-11(23)2-3-14(13)27-15(12)7-28/h2-3,6,9-10,16,18-19,21,27,30-32H,4-5,7-8H2,1H3,(H,24,25)/t16?,18-,19?,21?,22?/m1/s1. The number of aromatic nitrogens is 3. The van der Waals surface area contributed by atoms with E-state index in [4.69, 9.17) is 4.74 Å². The maximum atomic E-state index is 13.8. The van der Waals surface area contributed by atoms with Gasteiger partial charge in [-0.15, -0.1) is 0 Å². The van der Waals surface area contributed by atoms with Crippen LogP contribution in [0.5, 0.6) is 0 Å². The van der Waals surface area contributed by atoms with Crippen molar-refractivity contribution in [3.05, 3.63) is 47.3 Å². The van der Waals surface area contributed by atoms with E-state index in [-0.39, 0.29) is 12.0 Å². The number of anilines is 1. The third-order valence-corrected chi connectivity index (χ3v) is 6.98. The smallest absolute Gasteiger partial charge is 0.168 e. The van der Waals surface area contributed by atoms with Crippen LogP contribution < -0.4 is 5.32 Å². The molecule has 0 bridgehead atoms. The third kappa shape index (κ3) is 3.04. The molecule has 33 heavy (non-hydrogen) atoms. The highest BCUT2D eigenvalue weighted by molar-refractivity contribution is 5.85. The van der Waals surface area contributed by atoms with Crippen LogP contribution >= 0.6 is 0 Å². The van der Waals surface area contributed by atoms with Crippen molar-refractivity contribution in [2.45, 2.75) is 50.1 Å². The highest BCUT2D eigenvalue weighted by Crippen LogP contribution is 2.42. The Kier molecular flexibility index (Phi) is 4.61. The fraction of sp³-hybridized carbons (Fsp3) is 0.455. The van der Waals surface area contributed by atoms with Gasteiger partial charge in [0.1, 0.15) is 35.1 Å². The lowest BCUT2D eigenvalue weighted by Crippen LogP contribution is -2.44. The number of rotatable bonds is 3. The Labute approximate surface area is 188 Å². The van der Waals surface area contributed by atoms with Gasteiger partial charge in [-0.25, -0.2) is 14.4 Å². The van der Waals surface area contributed by atoms with Gasteiger partial charge < -0.3 is 30.4 Å². The van der Waals surface area contributed by atoms with Crippen LogP contribution in [0, 0.1) is 5.82 Å². The molecular weight excluding hydrogens is 431 g/mol. The molecule has 0 radical (unpaired) electrons. The number of H-pyrrole nitrogens is 1. The van der Waals surface area contributed by atoms with Gasteiger partial charge in [-0.05, 0) is 37.1 Å². The zero-order valence-electron chi connectivity index (χ0n) is 17.9. The molecule has 3 aliphatic heterocycles. The number of hydrogen-bond acceptors (Lipinski definition) is 8. The first-order valence-corrected chi connectivity index (χ1v) is 10.9. The number of fused-ring (bicyclic) bond motifs is 4. The van der Waals surface area contributed by atoms with Crippen LogP contribution in [0.2, 0.25) is 0 Å². The fourth-order valence-corrected chi connectivity index (χ4v) is 5.23. The van der Waals surface area contributed by atoms with Gasteiger partial charge in [0.15, 0.2) is 12.4 Å². The lowest BCUT2D eigenvalue weighted by atomic mass is 9.96. The summed E-state index contributed by atoms with van der Waals surface area (Å²) in [6.07, 6.45) is 0.450. The minimum Gasteiger partial charge on any atom is -0.394 e. The number of nitrogens with zero attached hydrogens (tertiary/aromatic N) is 4. The number of halogens is 1. The Morgan fingerprint density at radius 1 is 1.36 bits per heavy atom. The molecule has 0 spiro atoms. The molecule has 10 nitrogen and oxygen atoms in total. The highest BCUT2D eigenvalue weighted by Gasteiger charge is 2.53. The number of benzene rings is 1. The second-order valence-corrected chi connectivity index (χ2v) is 9.05. The fourth-order valence-electron chi connectivity index (χ4n) is 5.23. The molecule has 5 N–H and O–H groups in total. The van der Waals surface area contributed by atoms with Crippen molar-refractivity contribution in [2.24, 2.45) is 4.99 Å². The molecule has 6 rings (SSSR count). The van der Waals surface area contributed by atoms with E-state index >= 15 is 0 Å². The van der Waals surface area contributed by atoms with E-state index in [1.165, 1.54) is 13.0 Å². The molecule has 3 aromatic rings. The summed E-state index contributed by atoms with van der Waals surface area (Å²) in [5.74, 6) is 0.360. The number of imidazole rings is 1. The molecule has 1 fully saturated rings. The van der Waals surface area contributed by atoms with E-state index in [0.717, 1.165) is 28.6 Å². The second kappa shape index (κ2) is 7.34. The SMILES string of the molecule is CC1(O)C(n2cnc3c2NC=NC3N2CCc3c([nH]c4ccc(F)cc34)C2)OC(CO)[C@H]1O. The number of nitrogens with one attached hydrogen (secondary N) is 2. The van der Waals surface area contributed by atoms with Gasteiger partial charge in [-0.2, -0.15) is 0 Å². The Bertz CT molecular complexity index is 1250. The first kappa shape index (κ1) is 20.8. The monoisotopic (exact) mass is 456 g/mol. The summed E-state index contributed by atoms with van der Waals surface area (Å²) >= 11 is 0. The van der Waals surface area contributed by atoms with E-state index in [1.807, 2.05) is 0 Å². The first-order valence-electron chi connectivity index (χ1n) is 10.9. The summed E-state index contributed by atoms with van der Waals surface area (Å²) in [5.41, 5.74) is 2.13. The average Bonchev–Trinajstić information content (AvgIpc) is 3.45. The first-order chi connectivity index (χ1) is 15.9. The Morgan fingerprint density at radius 3 is 3.00 bits per heavy atom. The normalized spacial score (nSPS) is 31.5. The zero-order valence-corrected chi connectivity index (χ0v) is 17.9. The number of aromatic amines is 1. The van der Waals surface area contributed by atoms with Gasteiger partial charge in [-0.3, -0.25) is 9.47 Å². The van der Waals surface area contributed by atoms with Crippen molar-refractivity contribution < 1.29 is 24.4 Å². The summed E-state index contributed by atoms with van der Waals surface area (Å²) in [7, 11) is 0. The molecule has 174 valence electrons. The topological polar surface area (TPSA) is 131 Å². The molecule has 1 aromatic carbocycles. The molecule has 5 heterocycles. The van der Waals surface area contributed by atoms with Crippen molar-refractivity contribution in [3.8, 4) is 0 Å². The quantitative estimate of drug-likeness (QED) is 0.398. The molecule has 0 saturated carbocycles. The summed E-state index contributed by atoms with van der Waals surface area (Å²) in [6.45, 7) is 2.38. The third-order valence-electron chi connectivity index (χ3n) is 6.98. The molecule has 11 heteroatoms. The molecular formula is C22H25FN6O4. The van der Waals surface area contributed by atoms with E-state index in [9.17, 15) is 19.7 Å². The number of aliphatic hydroxyl groups is 3. The van der Waals surface area contributed by atoms with Crippen molar-refractivity contribution in [3.63, 3.8) is 0 Å². The van der Waals surface area contributed by atoms with Gasteiger partial charge in [0, 0.05) is 29.7 Å². The summed E-state index contributed by atoms with van der Waals surface area (Å²) in [6, 6.07) is 4.79. The van der Waals surface area contributed by atoms with E-state index < -0.39 is 30.6 Å². The summed E-state index contributed by atoms with van der Waals surface area (Å²) in [5, 5.41) is 34.7. The highest BCUT2D eigenvalue weighted by atomic mass is 19.1. The number of aliphatic imine (C=N–C) groups is 1. The Balaban J connectivity index is 1.31. The molecule has 5 atom stereocenters. The van der Waals surface area contributed by atoms with Gasteiger partial charge in [0.25, 0.3) is 0 Å². The van der Waals surface area contributed by atoms with Gasteiger partial charge in [-0.1, -0.05) is 0 Å². The zero-order chi connectivity index (χ0) is 22.9. The minimum atomic E-state index is -1.62. The van der Waals surface area contributed by atoms with Crippen LogP contribution in [0.25, 0.3) is 10.9 Å². The molecule has 2 aromatic heterocycles. The summed E-state index contributed by atoms with van der Waals surface area (Å²) < 4.78 is 21.1. The Hall–Kier alpha value is -2.83. The second-order valence-electron chi connectivity index (χ2n) is 9.05. The minimum absolute atomic E-state index is 0.247. The molecule has 0 amide bonds. The maximum Gasteiger partial charge on any atom is 0.168 e. The number of hydrogen-bond donors (Lipinski definition) is 5. The molecule has 0 aliphatic carbocycles. The number of ether oxygens (including phenoxy) is 1. The van der Waals surface area contributed by atoms with Crippen LogP contribution in [-0.2, 0) is 17.7 Å². The largest absolute Gasteiger partial charge is 0.394 e. The number of aliphatic hydroxyl groups excluding tert-OH is 2. The average molecular weight is 456 g/mol. The van der Waals surface area contributed by atoms with Gasteiger partial charge in [0.05, 0.1) is 19.3 Å². The van der Waals surface area contributed by atoms with Crippen molar-refractivity contribution in [1.29, 1.82) is 0 Å². The molecule has 3 aliphatic rings. The lowest BCUT2D eigenvalue weighted by Gasteiger charge is -2.34. The van der Waals surface area contributed by atoms with Crippen LogP contribution in [0.1, 0.15) is 36.3 Å². The van der Waals surface area contributed by atoms with Crippen LogP contribution in [0.3, 0.4) is 0 Å². The summed E-state index contributed by atoms with van der Waals surface area (Å²) in [4.78, 5) is 14.8. The van der Waals surface area contributed by atoms with E-state index in [2.05, 4.69) is 25.2 Å². The van der Waals surface area contributed by atoms with E-state index in [1.54, 1.807) is 29.4 Å². The molecule has 4 unspecified atom stereocenters. The van der Waals surface area contributed by atoms with Crippen molar-refractivity contribution >= 4 is 23.1 Å². The van der Waals surface area contributed by atoms with E-state index in [0.29, 0.717) is 24.6 Å². The maximum absolute atomic E-state index is 13.8. The van der Waals surface area contributed by atoms with Crippen LogP contribution in [0.4, 0.5) is 10.2 Å². The predicted molar refractivity (Wildman–Crippen MR) is 117 cm³/mol. The van der Waals surface area contributed by atoms with Crippen LogP contribution in [0.15, 0.2) is 29.5 Å². The van der Waals surface area contributed by atoms with Gasteiger partial charge in [0.2, 0.25) is 0 Å². The van der Waals surface area contributed by atoms with Crippen LogP contribution in [-0.4, -0.2) is 72.1 Å².